The third-order valence-electron chi connectivity index (χ3n) is 6.12. The maximum absolute atomic E-state index is 13.1. The van der Waals surface area contributed by atoms with Gasteiger partial charge >= 0.3 is 0 Å². The van der Waals surface area contributed by atoms with Crippen LogP contribution in [-0.4, -0.2) is 62.1 Å². The number of aryl methyl sites for hydroxylation is 1. The summed E-state index contributed by atoms with van der Waals surface area (Å²) in [6.45, 7) is 9.01. The summed E-state index contributed by atoms with van der Waals surface area (Å²) in [6, 6.07) is 5.99. The second kappa shape index (κ2) is 7.97. The van der Waals surface area contributed by atoms with Gasteiger partial charge in [0.2, 0.25) is 5.91 Å². The van der Waals surface area contributed by atoms with Gasteiger partial charge in [0.1, 0.15) is 5.69 Å². The fourth-order valence-electron chi connectivity index (χ4n) is 4.40. The molecular weight excluding hydrogens is 366 g/mol. The minimum Gasteiger partial charge on any atom is -0.339 e. The van der Waals surface area contributed by atoms with Crippen molar-refractivity contribution >= 4 is 11.8 Å². The molecule has 0 aromatic carbocycles. The van der Waals surface area contributed by atoms with Gasteiger partial charge in [-0.1, -0.05) is 19.9 Å². The maximum Gasteiger partial charge on any atom is 0.272 e. The third kappa shape index (κ3) is 3.78. The Bertz CT molecular complexity index is 892. The molecule has 0 radical (unpaired) electrons. The van der Waals surface area contributed by atoms with Crippen molar-refractivity contribution in [1.82, 2.24) is 24.6 Å². The predicted molar refractivity (Wildman–Crippen MR) is 109 cm³/mol. The van der Waals surface area contributed by atoms with Crippen molar-refractivity contribution in [3.8, 4) is 0 Å². The highest BCUT2D eigenvalue weighted by atomic mass is 16.2. The number of nitrogens with zero attached hydrogens (tertiary/aromatic N) is 5. The summed E-state index contributed by atoms with van der Waals surface area (Å²) < 4.78 is 1.81. The SMILES string of the molecule is CCn1nc(C(C)C)cc1C(=O)N1CC[C@H]2[C@@H](C1)CN2C(=O)Cc1cccnc1. The molecule has 4 heterocycles. The van der Waals surface area contributed by atoms with Gasteiger partial charge in [0.05, 0.1) is 12.1 Å². The quantitative estimate of drug-likeness (QED) is 0.779. The highest BCUT2D eigenvalue weighted by molar-refractivity contribution is 5.93. The summed E-state index contributed by atoms with van der Waals surface area (Å²) >= 11 is 0. The first-order valence-corrected chi connectivity index (χ1v) is 10.5. The Morgan fingerprint density at radius 3 is 2.76 bits per heavy atom. The van der Waals surface area contributed by atoms with Gasteiger partial charge in [0.25, 0.3) is 5.91 Å². The van der Waals surface area contributed by atoms with Gasteiger partial charge in [-0.05, 0) is 37.0 Å². The molecule has 0 saturated carbocycles. The molecule has 0 unspecified atom stereocenters. The zero-order chi connectivity index (χ0) is 20.5. The van der Waals surface area contributed by atoms with Crippen LogP contribution in [0, 0.1) is 5.92 Å². The molecule has 2 atom stereocenters. The second-order valence-electron chi connectivity index (χ2n) is 8.38. The van der Waals surface area contributed by atoms with Gasteiger partial charge in [-0.25, -0.2) is 0 Å². The van der Waals surface area contributed by atoms with E-state index in [1.54, 1.807) is 12.4 Å². The molecule has 2 aliphatic heterocycles. The van der Waals surface area contributed by atoms with Crippen molar-refractivity contribution in [2.45, 2.75) is 52.1 Å². The Kier molecular flexibility index (Phi) is 5.39. The van der Waals surface area contributed by atoms with Crippen LogP contribution in [0.1, 0.15) is 54.9 Å². The molecule has 7 nitrogen and oxygen atoms in total. The van der Waals surface area contributed by atoms with E-state index in [0.29, 0.717) is 43.6 Å². The lowest BCUT2D eigenvalue weighted by molar-refractivity contribution is -0.146. The van der Waals surface area contributed by atoms with Crippen molar-refractivity contribution in [1.29, 1.82) is 0 Å². The Hall–Kier alpha value is -2.70. The minimum absolute atomic E-state index is 0.0600. The summed E-state index contributed by atoms with van der Waals surface area (Å²) in [5.74, 6) is 0.883. The Morgan fingerprint density at radius 2 is 2.10 bits per heavy atom. The molecule has 0 spiro atoms. The average Bonchev–Trinajstić information content (AvgIpc) is 3.14. The number of carbonyl (C=O) groups is 2. The van der Waals surface area contributed by atoms with Crippen molar-refractivity contribution in [3.05, 3.63) is 47.5 Å². The summed E-state index contributed by atoms with van der Waals surface area (Å²) in [7, 11) is 0. The van der Waals surface area contributed by atoms with E-state index in [1.807, 2.05) is 39.6 Å². The van der Waals surface area contributed by atoms with E-state index in [0.717, 1.165) is 24.2 Å². The molecule has 4 rings (SSSR count). The van der Waals surface area contributed by atoms with Crippen LogP contribution in [0.5, 0.6) is 0 Å². The van der Waals surface area contributed by atoms with Crippen LogP contribution < -0.4 is 0 Å². The fraction of sp³-hybridized carbons (Fsp3) is 0.545. The molecular formula is C22H29N5O2. The molecule has 154 valence electrons. The monoisotopic (exact) mass is 395 g/mol. The van der Waals surface area contributed by atoms with Crippen LogP contribution >= 0.6 is 0 Å². The van der Waals surface area contributed by atoms with Crippen LogP contribution in [0.2, 0.25) is 0 Å². The number of carbonyl (C=O) groups excluding carboxylic acids is 2. The van der Waals surface area contributed by atoms with Crippen molar-refractivity contribution in [3.63, 3.8) is 0 Å². The summed E-state index contributed by atoms with van der Waals surface area (Å²) in [6.07, 6.45) is 4.70. The van der Waals surface area contributed by atoms with Crippen LogP contribution in [0.25, 0.3) is 0 Å². The first kappa shape index (κ1) is 19.6. The van der Waals surface area contributed by atoms with E-state index in [4.69, 9.17) is 0 Å². The average molecular weight is 396 g/mol. The van der Waals surface area contributed by atoms with E-state index >= 15 is 0 Å². The van der Waals surface area contributed by atoms with Gasteiger partial charge < -0.3 is 9.80 Å². The highest BCUT2D eigenvalue weighted by Crippen LogP contribution is 2.33. The fourth-order valence-corrected chi connectivity index (χ4v) is 4.40. The number of pyridine rings is 1. The Morgan fingerprint density at radius 1 is 1.28 bits per heavy atom. The standard InChI is InChI=1S/C22H29N5O2/c1-4-27-20(11-18(24-27)15(2)3)22(29)25-9-7-19-17(13-25)14-26(19)21(28)10-16-6-5-8-23-12-16/h5-6,8,11-12,15,17,19H,4,7,9-10,13-14H2,1-3H3/t17-,19-/m0/s1. The van der Waals surface area contributed by atoms with Gasteiger partial charge in [-0.2, -0.15) is 5.10 Å². The molecule has 2 aliphatic rings. The number of rotatable bonds is 5. The molecule has 2 amide bonds. The van der Waals surface area contributed by atoms with Crippen LogP contribution in [0.4, 0.5) is 0 Å². The summed E-state index contributed by atoms with van der Waals surface area (Å²) in [4.78, 5) is 33.8. The Balaban J connectivity index is 1.37. The lowest BCUT2D eigenvalue weighted by Crippen LogP contribution is -2.65. The van der Waals surface area contributed by atoms with E-state index in [1.165, 1.54) is 0 Å². The summed E-state index contributed by atoms with van der Waals surface area (Å²) in [5.41, 5.74) is 2.58. The molecule has 0 N–H and O–H groups in total. The first-order valence-electron chi connectivity index (χ1n) is 10.5. The molecule has 0 bridgehead atoms. The second-order valence-corrected chi connectivity index (χ2v) is 8.38. The van der Waals surface area contributed by atoms with Crippen molar-refractivity contribution in [2.75, 3.05) is 19.6 Å². The third-order valence-corrected chi connectivity index (χ3v) is 6.12. The molecule has 2 fully saturated rings. The normalized spacial score (nSPS) is 21.1. The number of likely N-dealkylation sites (tertiary alicyclic amines) is 2. The minimum atomic E-state index is 0.0600. The van der Waals surface area contributed by atoms with E-state index in [2.05, 4.69) is 23.9 Å². The first-order chi connectivity index (χ1) is 14.0. The maximum atomic E-state index is 13.1. The van der Waals surface area contributed by atoms with Gasteiger partial charge in [-0.3, -0.25) is 19.3 Å². The molecule has 2 saturated heterocycles. The molecule has 0 aliphatic carbocycles. The number of hydrogen-bond donors (Lipinski definition) is 0. The number of fused-ring (bicyclic) bond motifs is 1. The number of amides is 2. The molecule has 2 aromatic rings. The van der Waals surface area contributed by atoms with Gasteiger partial charge in [-0.15, -0.1) is 0 Å². The zero-order valence-electron chi connectivity index (χ0n) is 17.4. The largest absolute Gasteiger partial charge is 0.339 e. The topological polar surface area (TPSA) is 71.3 Å². The van der Waals surface area contributed by atoms with Crippen molar-refractivity contribution < 1.29 is 9.59 Å². The predicted octanol–water partition coefficient (Wildman–Crippen LogP) is 2.34. The molecule has 7 heteroatoms. The van der Waals surface area contributed by atoms with E-state index in [-0.39, 0.29) is 17.9 Å². The summed E-state index contributed by atoms with van der Waals surface area (Å²) in [5, 5.41) is 4.58. The van der Waals surface area contributed by atoms with Gasteiger partial charge in [0, 0.05) is 50.5 Å². The highest BCUT2D eigenvalue weighted by Gasteiger charge is 2.45. The zero-order valence-corrected chi connectivity index (χ0v) is 17.4. The van der Waals surface area contributed by atoms with Gasteiger partial charge in [0.15, 0.2) is 0 Å². The lowest BCUT2D eigenvalue weighted by atomic mass is 9.82. The lowest BCUT2D eigenvalue weighted by Gasteiger charge is -2.53. The van der Waals surface area contributed by atoms with E-state index in [9.17, 15) is 9.59 Å². The van der Waals surface area contributed by atoms with Crippen LogP contribution in [0.3, 0.4) is 0 Å². The van der Waals surface area contributed by atoms with Crippen molar-refractivity contribution in [2.24, 2.45) is 5.92 Å². The Labute approximate surface area is 171 Å². The van der Waals surface area contributed by atoms with E-state index < -0.39 is 0 Å². The number of aromatic nitrogens is 3. The molecule has 29 heavy (non-hydrogen) atoms. The number of hydrogen-bond acceptors (Lipinski definition) is 4. The van der Waals surface area contributed by atoms with Crippen LogP contribution in [-0.2, 0) is 17.8 Å². The molecule has 2 aromatic heterocycles. The smallest absolute Gasteiger partial charge is 0.272 e. The number of piperidine rings is 1. The van der Waals surface area contributed by atoms with Crippen LogP contribution in [0.15, 0.2) is 30.6 Å².